The molecule has 6 rings (SSSR count). The lowest BCUT2D eigenvalue weighted by atomic mass is 9.41. The van der Waals surface area contributed by atoms with E-state index in [4.69, 9.17) is 4.74 Å². The zero-order valence-corrected chi connectivity index (χ0v) is 23.8. The Bertz CT molecular complexity index is 1250. The van der Waals surface area contributed by atoms with Crippen LogP contribution in [0, 0.1) is 28.6 Å². The molecule has 4 fully saturated rings. The summed E-state index contributed by atoms with van der Waals surface area (Å²) in [6.07, 6.45) is 8.13. The Morgan fingerprint density at radius 1 is 1.13 bits per heavy atom. The maximum atomic E-state index is 12.8. The number of fused-ring (bicyclic) bond motifs is 5. The Morgan fingerprint density at radius 3 is 2.67 bits per heavy atom. The van der Waals surface area contributed by atoms with Crippen LogP contribution in [0.2, 0.25) is 0 Å². The summed E-state index contributed by atoms with van der Waals surface area (Å²) >= 11 is 3.39. The summed E-state index contributed by atoms with van der Waals surface area (Å²) in [4.78, 5) is 24.7. The fraction of sp³-hybridized carbons (Fsp3) is 0.633. The van der Waals surface area contributed by atoms with E-state index in [1.165, 1.54) is 0 Å². The Labute approximate surface area is 237 Å². The van der Waals surface area contributed by atoms with Gasteiger partial charge in [0.15, 0.2) is 0 Å². The van der Waals surface area contributed by atoms with Crippen molar-refractivity contribution in [3.05, 3.63) is 46.0 Å². The Hall–Kier alpha value is -2.07. The summed E-state index contributed by atoms with van der Waals surface area (Å²) in [6.45, 7) is 2.46. The Balaban J connectivity index is 1.32. The van der Waals surface area contributed by atoms with E-state index in [-0.39, 0.29) is 36.1 Å². The van der Waals surface area contributed by atoms with Crippen LogP contribution in [0.5, 0.6) is 0 Å². The summed E-state index contributed by atoms with van der Waals surface area (Å²) in [5.74, 6) is -0.685. The molecule has 210 valence electrons. The molecular formula is C30H37BrN2O6. The van der Waals surface area contributed by atoms with Gasteiger partial charge in [-0.2, -0.15) is 5.10 Å². The fourth-order valence-corrected chi connectivity index (χ4v) is 9.66. The molecule has 5 aliphatic rings. The van der Waals surface area contributed by atoms with Crippen LogP contribution in [0.1, 0.15) is 75.1 Å². The first-order valence-electron chi connectivity index (χ1n) is 14.1. The topological polar surface area (TPSA) is 128 Å². The van der Waals surface area contributed by atoms with Crippen LogP contribution in [-0.4, -0.2) is 57.3 Å². The number of cyclic esters (lactones) is 1. The minimum atomic E-state index is -1.17. The van der Waals surface area contributed by atoms with Crippen LogP contribution in [0.15, 0.2) is 45.5 Å². The van der Waals surface area contributed by atoms with Gasteiger partial charge in [-0.15, -0.1) is 0 Å². The number of benzene rings is 1. The molecule has 1 amide bonds. The molecule has 0 unspecified atom stereocenters. The molecular weight excluding hydrogens is 564 g/mol. The number of hydrogen-bond donors (Lipinski definition) is 4. The third-order valence-corrected chi connectivity index (χ3v) is 11.7. The van der Waals surface area contributed by atoms with E-state index in [1.807, 2.05) is 6.07 Å². The first-order valence-corrected chi connectivity index (χ1v) is 14.9. The minimum Gasteiger partial charge on any atom is -0.458 e. The van der Waals surface area contributed by atoms with Crippen molar-refractivity contribution in [3.8, 4) is 0 Å². The molecule has 39 heavy (non-hydrogen) atoms. The number of ether oxygens (including phenoxy) is 1. The molecule has 1 aliphatic heterocycles. The molecule has 4 N–H and O–H groups in total. The maximum absolute atomic E-state index is 12.8. The van der Waals surface area contributed by atoms with Gasteiger partial charge in [-0.1, -0.05) is 28.9 Å². The number of carbonyl (C=O) groups is 2. The lowest BCUT2D eigenvalue weighted by molar-refractivity contribution is -0.237. The van der Waals surface area contributed by atoms with Crippen molar-refractivity contribution in [1.82, 2.24) is 5.43 Å². The Morgan fingerprint density at radius 2 is 1.92 bits per heavy atom. The monoisotopic (exact) mass is 600 g/mol. The summed E-state index contributed by atoms with van der Waals surface area (Å²) in [5, 5.41) is 39.6. The van der Waals surface area contributed by atoms with Crippen molar-refractivity contribution in [3.63, 3.8) is 0 Å². The molecule has 1 heterocycles. The standard InChI is InChI=1S/C30H37BrN2O6/c1-27-9-6-23-24(30(27,38)12-8-22(27)19-14-25(35)39-16-19)7-11-29(37)15-21(34)5-10-28(23,29)17-32-33-26(36)18-3-2-4-20(31)13-18/h2-4,13-14,17,21-24,34,37-38H,5-12,15-16H2,1H3,(H,33,36)/b32-17-/t21-,22+,23+,24-,27-,28+,29+,30-/m1/s1. The molecule has 9 heteroatoms. The van der Waals surface area contributed by atoms with Crippen molar-refractivity contribution >= 4 is 34.0 Å². The van der Waals surface area contributed by atoms with Crippen LogP contribution < -0.4 is 5.43 Å². The predicted molar refractivity (Wildman–Crippen MR) is 148 cm³/mol. The number of aliphatic hydroxyl groups is 3. The highest BCUT2D eigenvalue weighted by Crippen LogP contribution is 2.70. The molecule has 8 nitrogen and oxygen atoms in total. The van der Waals surface area contributed by atoms with Gasteiger partial charge in [0.05, 0.1) is 17.3 Å². The highest BCUT2D eigenvalue weighted by atomic mass is 79.9. The average Bonchev–Trinajstić information content (AvgIpc) is 3.43. The summed E-state index contributed by atoms with van der Waals surface area (Å²) < 4.78 is 6.02. The van der Waals surface area contributed by atoms with E-state index in [2.05, 4.69) is 33.4 Å². The molecule has 1 aromatic rings. The van der Waals surface area contributed by atoms with Gasteiger partial charge in [-0.25, -0.2) is 10.2 Å². The van der Waals surface area contributed by atoms with Gasteiger partial charge in [0, 0.05) is 39.6 Å². The van der Waals surface area contributed by atoms with E-state index in [0.717, 1.165) is 29.3 Å². The largest absolute Gasteiger partial charge is 0.458 e. The predicted octanol–water partition coefficient (Wildman–Crippen LogP) is 3.88. The maximum Gasteiger partial charge on any atom is 0.331 e. The number of amides is 1. The molecule has 0 spiro atoms. The van der Waals surface area contributed by atoms with Crippen LogP contribution in [-0.2, 0) is 9.53 Å². The Kier molecular flexibility index (Phi) is 6.61. The van der Waals surface area contributed by atoms with Gasteiger partial charge < -0.3 is 20.1 Å². The van der Waals surface area contributed by atoms with Crippen molar-refractivity contribution in [1.29, 1.82) is 0 Å². The quantitative estimate of drug-likeness (QED) is 0.236. The average molecular weight is 602 g/mol. The van der Waals surface area contributed by atoms with Crippen LogP contribution in [0.3, 0.4) is 0 Å². The highest BCUT2D eigenvalue weighted by molar-refractivity contribution is 9.10. The van der Waals surface area contributed by atoms with Crippen LogP contribution >= 0.6 is 15.9 Å². The number of nitrogens with zero attached hydrogens (tertiary/aromatic N) is 1. The van der Waals surface area contributed by atoms with Crippen LogP contribution in [0.25, 0.3) is 0 Å². The van der Waals surface area contributed by atoms with Gasteiger partial charge in [0.2, 0.25) is 0 Å². The lowest BCUT2D eigenvalue weighted by Crippen LogP contribution is -2.68. The summed E-state index contributed by atoms with van der Waals surface area (Å²) in [5.41, 5.74) is 0.808. The van der Waals surface area contributed by atoms with Crippen molar-refractivity contribution < 1.29 is 29.6 Å². The number of esters is 1. The van der Waals surface area contributed by atoms with E-state index < -0.39 is 28.1 Å². The van der Waals surface area contributed by atoms with E-state index >= 15 is 0 Å². The first kappa shape index (κ1) is 27.1. The van der Waals surface area contributed by atoms with Gasteiger partial charge >= 0.3 is 5.97 Å². The van der Waals surface area contributed by atoms with Gasteiger partial charge in [-0.05, 0) is 92.9 Å². The zero-order valence-electron chi connectivity index (χ0n) is 22.2. The van der Waals surface area contributed by atoms with Crippen molar-refractivity contribution in [2.45, 2.75) is 82.0 Å². The van der Waals surface area contributed by atoms with E-state index in [9.17, 15) is 24.9 Å². The molecule has 1 aromatic carbocycles. The summed E-state index contributed by atoms with van der Waals surface area (Å²) in [7, 11) is 0. The molecule has 4 aliphatic carbocycles. The van der Waals surface area contributed by atoms with Gasteiger partial charge in [-0.3, -0.25) is 4.79 Å². The normalized spacial score (nSPS) is 43.3. The molecule has 0 saturated heterocycles. The number of rotatable bonds is 4. The SMILES string of the molecule is C[C@]12CC[C@H]3[C@@H](CC[C@]4(O)C[C@H](O)CC[C@]34/C=N\NC(=O)c3cccc(Br)c3)[C@]1(O)CC[C@H]2C1=CC(=O)OC1. The first-order chi connectivity index (χ1) is 18.5. The third-order valence-electron chi connectivity index (χ3n) is 11.2. The fourth-order valence-electron chi connectivity index (χ4n) is 9.26. The molecule has 0 bridgehead atoms. The molecule has 8 atom stereocenters. The van der Waals surface area contributed by atoms with E-state index in [1.54, 1.807) is 30.5 Å². The second kappa shape index (κ2) is 9.50. The summed E-state index contributed by atoms with van der Waals surface area (Å²) in [6, 6.07) is 7.06. The number of carbonyl (C=O) groups excluding carboxylic acids is 2. The number of aliphatic hydroxyl groups excluding tert-OH is 1. The molecule has 4 saturated carbocycles. The second-order valence-electron chi connectivity index (χ2n) is 12.7. The van der Waals surface area contributed by atoms with E-state index in [0.29, 0.717) is 44.3 Å². The van der Waals surface area contributed by atoms with Gasteiger partial charge in [0.1, 0.15) is 6.61 Å². The molecule has 0 aromatic heterocycles. The molecule has 0 radical (unpaired) electrons. The zero-order chi connectivity index (χ0) is 27.6. The van der Waals surface area contributed by atoms with Crippen molar-refractivity contribution in [2.24, 2.45) is 33.7 Å². The third kappa shape index (κ3) is 4.06. The van der Waals surface area contributed by atoms with Crippen molar-refractivity contribution in [2.75, 3.05) is 6.61 Å². The number of halogens is 1. The number of nitrogens with one attached hydrogen (secondary N) is 1. The second-order valence-corrected chi connectivity index (χ2v) is 13.6. The number of hydrazone groups is 1. The van der Waals surface area contributed by atoms with Gasteiger partial charge in [0.25, 0.3) is 5.91 Å². The number of hydrogen-bond acceptors (Lipinski definition) is 7. The lowest BCUT2D eigenvalue weighted by Gasteiger charge is -2.65. The minimum absolute atomic E-state index is 0.0532. The smallest absolute Gasteiger partial charge is 0.331 e. The van der Waals surface area contributed by atoms with Crippen LogP contribution in [0.4, 0.5) is 0 Å². The highest BCUT2D eigenvalue weighted by Gasteiger charge is 2.71.